The van der Waals surface area contributed by atoms with E-state index in [0.717, 1.165) is 0 Å². The van der Waals surface area contributed by atoms with Gasteiger partial charge in [0.15, 0.2) is 0 Å². The molecule has 0 aromatic carbocycles. The minimum atomic E-state index is -0.574. The number of carbonyl (C=O) groups excluding carboxylic acids is 1. The number of ether oxygens (including phenoxy) is 1. The Kier molecular flexibility index (Phi) is 2.83. The third-order valence-electron chi connectivity index (χ3n) is 1.33. The molecule has 0 N–H and O–H groups in total. The number of nitrogens with zero attached hydrogens (tertiary/aromatic N) is 4. The summed E-state index contributed by atoms with van der Waals surface area (Å²) in [6.45, 7) is 0. The molecular weight excluding hydrogens is 172 g/mol. The van der Waals surface area contributed by atoms with Gasteiger partial charge in [-0.3, -0.25) is 4.98 Å². The molecule has 1 aromatic heterocycles. The van der Waals surface area contributed by atoms with E-state index in [9.17, 15) is 4.79 Å². The molecule has 0 amide bonds. The quantitative estimate of drug-likeness (QED) is 0.299. The Bertz CT molecular complexity index is 371. The fraction of sp³-hybridized carbons (Fsp3) is 0.143. The van der Waals surface area contributed by atoms with Gasteiger partial charge in [-0.15, -0.1) is 0 Å². The van der Waals surface area contributed by atoms with Crippen LogP contribution in [-0.4, -0.2) is 18.1 Å². The summed E-state index contributed by atoms with van der Waals surface area (Å²) in [6.07, 6.45) is 1.43. The van der Waals surface area contributed by atoms with Crippen molar-refractivity contribution >= 4 is 11.8 Å². The van der Waals surface area contributed by atoms with Gasteiger partial charge in [-0.05, 0) is 22.8 Å². The lowest BCUT2D eigenvalue weighted by atomic mass is 10.2. The molecule has 0 aliphatic heterocycles. The standard InChI is InChI=1S/C7H6N4O2/c1-13-7(12)5-3-2-4-9-6(5)10-11-8/h2-4H,1H3. The van der Waals surface area contributed by atoms with Crippen LogP contribution in [-0.2, 0) is 4.74 Å². The molecule has 1 heterocycles. The Morgan fingerprint density at radius 1 is 1.77 bits per heavy atom. The van der Waals surface area contributed by atoms with Gasteiger partial charge in [-0.1, -0.05) is 0 Å². The van der Waals surface area contributed by atoms with Crippen molar-refractivity contribution in [3.8, 4) is 0 Å². The molecule has 0 fully saturated rings. The molecule has 6 heteroatoms. The molecular formula is C7H6N4O2. The van der Waals surface area contributed by atoms with E-state index in [1.54, 1.807) is 6.07 Å². The van der Waals surface area contributed by atoms with E-state index in [1.165, 1.54) is 19.4 Å². The van der Waals surface area contributed by atoms with E-state index in [2.05, 4.69) is 19.7 Å². The highest BCUT2D eigenvalue weighted by Gasteiger charge is 2.10. The van der Waals surface area contributed by atoms with Crippen LogP contribution in [0.2, 0.25) is 0 Å². The summed E-state index contributed by atoms with van der Waals surface area (Å²) in [4.78, 5) is 17.3. The van der Waals surface area contributed by atoms with Gasteiger partial charge in [-0.2, -0.15) is 0 Å². The fourth-order valence-corrected chi connectivity index (χ4v) is 0.788. The normalized spacial score (nSPS) is 8.69. The Hall–Kier alpha value is -2.07. The molecule has 66 valence electrons. The van der Waals surface area contributed by atoms with Crippen LogP contribution >= 0.6 is 0 Å². The van der Waals surface area contributed by atoms with Gasteiger partial charge < -0.3 is 4.74 Å². The topological polar surface area (TPSA) is 88.0 Å². The van der Waals surface area contributed by atoms with E-state index < -0.39 is 5.97 Å². The van der Waals surface area contributed by atoms with Crippen LogP contribution in [0.3, 0.4) is 0 Å². The number of aromatic nitrogens is 1. The monoisotopic (exact) mass is 178 g/mol. The number of hydrogen-bond acceptors (Lipinski definition) is 4. The molecule has 0 spiro atoms. The van der Waals surface area contributed by atoms with Crippen LogP contribution in [0.25, 0.3) is 10.4 Å². The SMILES string of the molecule is COC(=O)c1cccnc1N=[N+]=[N-]. The van der Waals surface area contributed by atoms with Crippen LogP contribution in [0.4, 0.5) is 5.82 Å². The lowest BCUT2D eigenvalue weighted by molar-refractivity contribution is 0.0601. The van der Waals surface area contributed by atoms with Gasteiger partial charge in [-0.25, -0.2) is 4.79 Å². The van der Waals surface area contributed by atoms with E-state index >= 15 is 0 Å². The minimum absolute atomic E-state index is 0.0249. The van der Waals surface area contributed by atoms with Crippen molar-refractivity contribution in [1.29, 1.82) is 0 Å². The number of rotatable bonds is 2. The summed E-state index contributed by atoms with van der Waals surface area (Å²) in [5, 5.41) is 3.24. The molecule has 0 aliphatic carbocycles. The summed E-state index contributed by atoms with van der Waals surface area (Å²) in [7, 11) is 1.25. The summed E-state index contributed by atoms with van der Waals surface area (Å²) in [5.74, 6) is -0.549. The number of pyridine rings is 1. The van der Waals surface area contributed by atoms with Crippen molar-refractivity contribution in [3.63, 3.8) is 0 Å². The first-order chi connectivity index (χ1) is 6.29. The first-order valence-corrected chi connectivity index (χ1v) is 3.38. The van der Waals surface area contributed by atoms with Gasteiger partial charge in [0.1, 0.15) is 5.82 Å². The number of azide groups is 1. The number of carbonyl (C=O) groups is 1. The lowest BCUT2D eigenvalue weighted by Gasteiger charge is -1.99. The van der Waals surface area contributed by atoms with Crippen LogP contribution in [0.5, 0.6) is 0 Å². The Balaban J connectivity index is 3.18. The first kappa shape index (κ1) is 9.02. The van der Waals surface area contributed by atoms with E-state index in [-0.39, 0.29) is 11.4 Å². The summed E-state index contributed by atoms with van der Waals surface area (Å²) in [6, 6.07) is 3.03. The second-order valence-electron chi connectivity index (χ2n) is 2.06. The zero-order chi connectivity index (χ0) is 9.68. The van der Waals surface area contributed by atoms with Gasteiger partial charge in [0.25, 0.3) is 0 Å². The van der Waals surface area contributed by atoms with Gasteiger partial charge in [0.05, 0.1) is 12.7 Å². The Labute approximate surface area is 73.8 Å². The van der Waals surface area contributed by atoms with E-state index in [4.69, 9.17) is 5.53 Å². The third kappa shape index (κ3) is 1.94. The fourth-order valence-electron chi connectivity index (χ4n) is 0.788. The average Bonchev–Trinajstić information content (AvgIpc) is 2.18. The molecule has 1 aromatic rings. The number of esters is 1. The van der Waals surface area contributed by atoms with Crippen molar-refractivity contribution in [2.24, 2.45) is 5.11 Å². The van der Waals surface area contributed by atoms with Crippen molar-refractivity contribution in [1.82, 2.24) is 4.98 Å². The minimum Gasteiger partial charge on any atom is -0.465 e. The van der Waals surface area contributed by atoms with Crippen molar-refractivity contribution < 1.29 is 9.53 Å². The molecule has 0 atom stereocenters. The molecule has 0 aliphatic rings. The molecule has 0 saturated carbocycles. The highest BCUT2D eigenvalue weighted by Crippen LogP contribution is 2.15. The zero-order valence-electron chi connectivity index (χ0n) is 6.84. The average molecular weight is 178 g/mol. The molecule has 0 bridgehead atoms. The van der Waals surface area contributed by atoms with Crippen LogP contribution in [0.15, 0.2) is 23.4 Å². The van der Waals surface area contributed by atoms with Crippen molar-refractivity contribution in [2.75, 3.05) is 7.11 Å². The second kappa shape index (κ2) is 4.08. The third-order valence-corrected chi connectivity index (χ3v) is 1.33. The number of hydrogen-bond donors (Lipinski definition) is 0. The second-order valence-corrected chi connectivity index (χ2v) is 2.06. The molecule has 1 rings (SSSR count). The summed E-state index contributed by atoms with van der Waals surface area (Å²) >= 11 is 0. The van der Waals surface area contributed by atoms with Gasteiger partial charge in [0.2, 0.25) is 0 Å². The molecule has 0 radical (unpaired) electrons. The van der Waals surface area contributed by atoms with Crippen LogP contribution in [0, 0.1) is 0 Å². The lowest BCUT2D eigenvalue weighted by Crippen LogP contribution is -2.01. The molecule has 0 unspecified atom stereocenters. The summed E-state index contributed by atoms with van der Waals surface area (Å²) < 4.78 is 4.46. The highest BCUT2D eigenvalue weighted by atomic mass is 16.5. The maximum Gasteiger partial charge on any atom is 0.339 e. The van der Waals surface area contributed by atoms with Crippen molar-refractivity contribution in [2.45, 2.75) is 0 Å². The Morgan fingerprint density at radius 2 is 2.54 bits per heavy atom. The maximum absolute atomic E-state index is 11.1. The number of methoxy groups -OCH3 is 1. The van der Waals surface area contributed by atoms with Crippen LogP contribution < -0.4 is 0 Å². The van der Waals surface area contributed by atoms with E-state index in [1.807, 2.05) is 0 Å². The molecule has 0 saturated heterocycles. The first-order valence-electron chi connectivity index (χ1n) is 3.38. The summed E-state index contributed by atoms with van der Waals surface area (Å²) in [5.41, 5.74) is 8.32. The predicted octanol–water partition coefficient (Wildman–Crippen LogP) is 1.81. The molecule has 6 nitrogen and oxygen atoms in total. The molecule has 13 heavy (non-hydrogen) atoms. The highest BCUT2D eigenvalue weighted by molar-refractivity contribution is 5.93. The predicted molar refractivity (Wildman–Crippen MR) is 44.4 cm³/mol. The van der Waals surface area contributed by atoms with Crippen molar-refractivity contribution in [3.05, 3.63) is 34.3 Å². The smallest absolute Gasteiger partial charge is 0.339 e. The Morgan fingerprint density at radius 3 is 3.15 bits per heavy atom. The van der Waals surface area contributed by atoms with Gasteiger partial charge in [0, 0.05) is 11.1 Å². The zero-order valence-corrected chi connectivity index (χ0v) is 6.84. The van der Waals surface area contributed by atoms with E-state index in [0.29, 0.717) is 0 Å². The largest absolute Gasteiger partial charge is 0.465 e. The van der Waals surface area contributed by atoms with Gasteiger partial charge >= 0.3 is 5.97 Å². The maximum atomic E-state index is 11.1. The van der Waals surface area contributed by atoms with Crippen LogP contribution in [0.1, 0.15) is 10.4 Å².